The van der Waals surface area contributed by atoms with E-state index in [0.717, 1.165) is 11.1 Å². The van der Waals surface area contributed by atoms with Crippen LogP contribution in [0.2, 0.25) is 0 Å². The van der Waals surface area contributed by atoms with Crippen molar-refractivity contribution in [1.29, 1.82) is 0 Å². The Labute approximate surface area is 85.8 Å². The van der Waals surface area contributed by atoms with Gasteiger partial charge in [-0.1, -0.05) is 12.1 Å². The Kier molecular flexibility index (Phi) is 2.43. The molecule has 0 saturated heterocycles. The normalized spacial score (nSPS) is 10.4. The summed E-state index contributed by atoms with van der Waals surface area (Å²) in [6.07, 6.45) is 0. The van der Waals surface area contributed by atoms with Gasteiger partial charge >= 0.3 is 0 Å². The van der Waals surface area contributed by atoms with E-state index in [1.807, 2.05) is 24.3 Å². The Morgan fingerprint density at radius 3 is 2.57 bits per heavy atom. The molecule has 0 aliphatic carbocycles. The highest BCUT2D eigenvalue weighted by Gasteiger charge is 2.02. The van der Waals surface area contributed by atoms with Gasteiger partial charge < -0.3 is 10.2 Å². The number of hydrogen-bond donors (Lipinski definition) is 2. The van der Waals surface area contributed by atoms with Crippen LogP contribution in [0.15, 0.2) is 28.7 Å². The first-order chi connectivity index (χ1) is 6.79. The maximum atomic E-state index is 5.48. The molecule has 0 atom stereocenters. The number of rotatable bonds is 2. The van der Waals surface area contributed by atoms with Crippen LogP contribution in [0.5, 0.6) is 0 Å². The van der Waals surface area contributed by atoms with E-state index < -0.39 is 0 Å². The molecule has 72 valence electrons. The molecule has 0 fully saturated rings. The van der Waals surface area contributed by atoms with Crippen molar-refractivity contribution in [1.82, 2.24) is 10.2 Å². The highest BCUT2D eigenvalue weighted by molar-refractivity contribution is 7.71. The largest absolute Gasteiger partial charge is 0.409 e. The van der Waals surface area contributed by atoms with Crippen LogP contribution in [0.1, 0.15) is 5.56 Å². The van der Waals surface area contributed by atoms with Gasteiger partial charge in [-0.3, -0.25) is 0 Å². The number of hydrogen-bond acceptors (Lipinski definition) is 4. The zero-order valence-corrected chi connectivity index (χ0v) is 8.17. The SMILES string of the molecule is NCc1ccc(-c2n[nH]c(=S)o2)cc1. The molecule has 0 saturated carbocycles. The average Bonchev–Trinajstić information content (AvgIpc) is 2.65. The van der Waals surface area contributed by atoms with Gasteiger partial charge in [-0.05, 0) is 29.9 Å². The first-order valence-corrected chi connectivity index (χ1v) is 4.55. The Morgan fingerprint density at radius 1 is 1.36 bits per heavy atom. The maximum absolute atomic E-state index is 5.48. The number of H-pyrrole nitrogens is 1. The molecule has 4 nitrogen and oxygen atoms in total. The van der Waals surface area contributed by atoms with Gasteiger partial charge in [-0.2, -0.15) is 0 Å². The Hall–Kier alpha value is -1.46. The molecule has 0 aliphatic heterocycles. The molecular weight excluding hydrogens is 198 g/mol. The van der Waals surface area contributed by atoms with E-state index in [1.54, 1.807) is 0 Å². The Morgan fingerprint density at radius 2 is 2.07 bits per heavy atom. The lowest BCUT2D eigenvalue weighted by molar-refractivity contribution is 0.552. The third kappa shape index (κ3) is 1.73. The van der Waals surface area contributed by atoms with E-state index >= 15 is 0 Å². The van der Waals surface area contributed by atoms with Gasteiger partial charge in [-0.25, -0.2) is 5.10 Å². The predicted octanol–water partition coefficient (Wildman–Crippen LogP) is 1.86. The Balaban J connectivity index is 2.38. The summed E-state index contributed by atoms with van der Waals surface area (Å²) in [4.78, 5) is 0.280. The molecular formula is C9H9N3OS. The van der Waals surface area contributed by atoms with Crippen molar-refractivity contribution in [3.63, 3.8) is 0 Å². The smallest absolute Gasteiger partial charge is 0.284 e. The molecule has 5 heteroatoms. The van der Waals surface area contributed by atoms with Gasteiger partial charge in [0, 0.05) is 12.1 Å². The molecule has 0 spiro atoms. The summed E-state index contributed by atoms with van der Waals surface area (Å²) in [5, 5.41) is 6.48. The summed E-state index contributed by atoms with van der Waals surface area (Å²) in [6, 6.07) is 7.67. The van der Waals surface area contributed by atoms with Crippen LogP contribution < -0.4 is 5.73 Å². The molecule has 1 aromatic carbocycles. The summed E-state index contributed by atoms with van der Waals surface area (Å²) in [5.74, 6) is 0.499. The van der Waals surface area contributed by atoms with Gasteiger partial charge in [0.2, 0.25) is 5.89 Å². The predicted molar refractivity (Wildman–Crippen MR) is 55.0 cm³/mol. The number of aromatic nitrogens is 2. The van der Waals surface area contributed by atoms with Crippen LogP contribution >= 0.6 is 12.2 Å². The molecule has 0 bridgehead atoms. The molecule has 0 unspecified atom stereocenters. The fourth-order valence-corrected chi connectivity index (χ4v) is 1.26. The van der Waals surface area contributed by atoms with Crippen molar-refractivity contribution >= 4 is 12.2 Å². The zero-order chi connectivity index (χ0) is 9.97. The van der Waals surface area contributed by atoms with Crippen LogP contribution in [-0.4, -0.2) is 10.2 Å². The number of benzene rings is 1. The molecule has 0 amide bonds. The monoisotopic (exact) mass is 207 g/mol. The van der Waals surface area contributed by atoms with E-state index in [9.17, 15) is 0 Å². The number of nitrogens with two attached hydrogens (primary N) is 1. The van der Waals surface area contributed by atoms with Crippen molar-refractivity contribution in [2.75, 3.05) is 0 Å². The first-order valence-electron chi connectivity index (χ1n) is 4.14. The van der Waals surface area contributed by atoms with E-state index in [1.165, 1.54) is 0 Å². The van der Waals surface area contributed by atoms with E-state index in [0.29, 0.717) is 12.4 Å². The van der Waals surface area contributed by atoms with Crippen LogP contribution in [-0.2, 0) is 6.54 Å². The fourth-order valence-electron chi connectivity index (χ4n) is 1.14. The summed E-state index contributed by atoms with van der Waals surface area (Å²) in [7, 11) is 0. The van der Waals surface area contributed by atoms with Crippen LogP contribution in [0, 0.1) is 4.84 Å². The minimum Gasteiger partial charge on any atom is -0.409 e. The lowest BCUT2D eigenvalue weighted by atomic mass is 10.1. The van der Waals surface area contributed by atoms with Crippen molar-refractivity contribution in [2.45, 2.75) is 6.54 Å². The van der Waals surface area contributed by atoms with Gasteiger partial charge in [0.1, 0.15) is 0 Å². The number of nitrogens with zero attached hydrogens (tertiary/aromatic N) is 1. The molecule has 1 heterocycles. The second-order valence-corrected chi connectivity index (χ2v) is 3.19. The van der Waals surface area contributed by atoms with Gasteiger partial charge in [0.15, 0.2) is 0 Å². The third-order valence-electron chi connectivity index (χ3n) is 1.87. The molecule has 14 heavy (non-hydrogen) atoms. The molecule has 2 rings (SSSR count). The highest BCUT2D eigenvalue weighted by atomic mass is 32.1. The number of nitrogens with one attached hydrogen (secondary N) is 1. The standard InChI is InChI=1S/C9H9N3OS/c10-5-6-1-3-7(4-2-6)8-11-12-9(14)13-8/h1-4H,5,10H2,(H,12,14). The van der Waals surface area contributed by atoms with Crippen LogP contribution in [0.25, 0.3) is 11.5 Å². The van der Waals surface area contributed by atoms with Crippen molar-refractivity contribution < 1.29 is 4.42 Å². The minimum absolute atomic E-state index is 0.280. The lowest BCUT2D eigenvalue weighted by Gasteiger charge is -1.97. The second-order valence-electron chi connectivity index (χ2n) is 2.82. The van der Waals surface area contributed by atoms with Gasteiger partial charge in [0.05, 0.1) is 0 Å². The van der Waals surface area contributed by atoms with E-state index in [2.05, 4.69) is 10.2 Å². The summed E-state index contributed by atoms with van der Waals surface area (Å²) < 4.78 is 5.16. The van der Waals surface area contributed by atoms with E-state index in [-0.39, 0.29) is 4.84 Å². The van der Waals surface area contributed by atoms with Crippen LogP contribution in [0.4, 0.5) is 0 Å². The molecule has 0 aliphatic rings. The van der Waals surface area contributed by atoms with Crippen molar-refractivity contribution in [3.05, 3.63) is 34.7 Å². The lowest BCUT2D eigenvalue weighted by Crippen LogP contribution is -1.95. The molecule has 0 radical (unpaired) electrons. The van der Waals surface area contributed by atoms with Gasteiger partial charge in [0.25, 0.3) is 4.84 Å². The molecule has 2 aromatic rings. The maximum Gasteiger partial charge on any atom is 0.284 e. The quantitative estimate of drug-likeness (QED) is 0.737. The van der Waals surface area contributed by atoms with Crippen molar-refractivity contribution in [2.24, 2.45) is 5.73 Å². The van der Waals surface area contributed by atoms with Crippen molar-refractivity contribution in [3.8, 4) is 11.5 Å². The molecule has 1 aromatic heterocycles. The average molecular weight is 207 g/mol. The minimum atomic E-state index is 0.280. The summed E-state index contributed by atoms with van der Waals surface area (Å²) in [5.41, 5.74) is 7.44. The number of aromatic amines is 1. The Bertz CT molecular complexity index is 471. The highest BCUT2D eigenvalue weighted by Crippen LogP contribution is 2.16. The second kappa shape index (κ2) is 3.73. The topological polar surface area (TPSA) is 67.8 Å². The fraction of sp³-hybridized carbons (Fsp3) is 0.111. The zero-order valence-electron chi connectivity index (χ0n) is 7.36. The first kappa shape index (κ1) is 9.11. The summed E-state index contributed by atoms with van der Waals surface area (Å²) >= 11 is 4.78. The molecule has 3 N–H and O–H groups in total. The van der Waals surface area contributed by atoms with Crippen LogP contribution in [0.3, 0.4) is 0 Å². The summed E-state index contributed by atoms with van der Waals surface area (Å²) in [6.45, 7) is 0.532. The van der Waals surface area contributed by atoms with E-state index in [4.69, 9.17) is 22.4 Å². The van der Waals surface area contributed by atoms with Gasteiger partial charge in [-0.15, -0.1) is 5.10 Å². The third-order valence-corrected chi connectivity index (χ3v) is 2.05.